The Hall–Kier alpha value is -2.66. The maximum atomic E-state index is 13.0. The predicted octanol–water partition coefficient (Wildman–Crippen LogP) is 0.958. The number of H-pyrrole nitrogens is 2. The minimum atomic E-state index is -0.0268. The zero-order valence-corrected chi connectivity index (χ0v) is 14.5. The van der Waals surface area contributed by atoms with Crippen molar-refractivity contribution >= 4 is 22.5 Å². The minimum absolute atomic E-state index is 0.0268. The molecule has 0 radical (unpaired) electrons. The van der Waals surface area contributed by atoms with Crippen molar-refractivity contribution in [1.82, 2.24) is 4.98 Å². The van der Waals surface area contributed by atoms with E-state index in [1.54, 1.807) is 0 Å². The van der Waals surface area contributed by atoms with Gasteiger partial charge in [0.05, 0.1) is 6.20 Å². The SMILES string of the molecule is C[C@H](C(=O)c1c[nH]c2ccccc12)[NH+]1CCN(c2cccc[nH+]2)CC1. The van der Waals surface area contributed by atoms with E-state index in [-0.39, 0.29) is 11.8 Å². The summed E-state index contributed by atoms with van der Waals surface area (Å²) in [4.78, 5) is 23.2. The number of carbonyl (C=O) groups excluding carboxylic acids is 1. The summed E-state index contributed by atoms with van der Waals surface area (Å²) in [5.74, 6) is 1.38. The van der Waals surface area contributed by atoms with Crippen molar-refractivity contribution < 1.29 is 14.7 Å². The van der Waals surface area contributed by atoms with Gasteiger partial charge < -0.3 is 9.88 Å². The molecule has 1 saturated heterocycles. The summed E-state index contributed by atoms with van der Waals surface area (Å²) in [6.07, 6.45) is 3.82. The number of anilines is 1. The Morgan fingerprint density at radius 3 is 2.68 bits per heavy atom. The summed E-state index contributed by atoms with van der Waals surface area (Å²) in [7, 11) is 0. The number of nitrogens with one attached hydrogen (secondary N) is 3. The van der Waals surface area contributed by atoms with Gasteiger partial charge in [0, 0.05) is 28.7 Å². The Labute approximate surface area is 147 Å². The van der Waals surface area contributed by atoms with E-state index in [9.17, 15) is 4.79 Å². The van der Waals surface area contributed by atoms with Gasteiger partial charge in [-0.25, -0.2) is 4.98 Å². The zero-order valence-electron chi connectivity index (χ0n) is 14.5. The Balaban J connectivity index is 1.45. The van der Waals surface area contributed by atoms with Gasteiger partial charge in [0.15, 0.2) is 0 Å². The number of aromatic amines is 2. The topological polar surface area (TPSA) is 54.7 Å². The first-order chi connectivity index (χ1) is 12.2. The van der Waals surface area contributed by atoms with Gasteiger partial charge in [-0.1, -0.05) is 24.3 Å². The number of carbonyl (C=O) groups is 1. The summed E-state index contributed by atoms with van der Waals surface area (Å²) in [5.41, 5.74) is 1.84. The molecule has 1 aliphatic rings. The van der Waals surface area contributed by atoms with Gasteiger partial charge in [0.2, 0.25) is 5.78 Å². The highest BCUT2D eigenvalue weighted by Crippen LogP contribution is 2.18. The smallest absolute Gasteiger partial charge is 0.274 e. The molecule has 1 fully saturated rings. The molecule has 0 saturated carbocycles. The highest BCUT2D eigenvalue weighted by Gasteiger charge is 2.33. The lowest BCUT2D eigenvalue weighted by Crippen LogP contribution is -3.18. The fourth-order valence-electron chi connectivity index (χ4n) is 3.74. The van der Waals surface area contributed by atoms with Crippen LogP contribution in [0.15, 0.2) is 54.9 Å². The van der Waals surface area contributed by atoms with E-state index >= 15 is 0 Å². The van der Waals surface area contributed by atoms with Crippen LogP contribution < -0.4 is 14.8 Å². The molecule has 0 spiro atoms. The molecule has 128 valence electrons. The van der Waals surface area contributed by atoms with Crippen molar-refractivity contribution in [2.24, 2.45) is 0 Å². The molecule has 3 aromatic rings. The van der Waals surface area contributed by atoms with Crippen molar-refractivity contribution in [2.75, 3.05) is 31.1 Å². The molecule has 0 bridgehead atoms. The van der Waals surface area contributed by atoms with Crippen LogP contribution in [0.1, 0.15) is 17.3 Å². The maximum absolute atomic E-state index is 13.0. The van der Waals surface area contributed by atoms with Gasteiger partial charge in [-0.05, 0) is 19.1 Å². The third kappa shape index (κ3) is 3.03. The van der Waals surface area contributed by atoms with E-state index in [4.69, 9.17) is 0 Å². The van der Waals surface area contributed by atoms with Gasteiger partial charge in [0.25, 0.3) is 5.82 Å². The summed E-state index contributed by atoms with van der Waals surface area (Å²) in [6.45, 7) is 5.92. The van der Waals surface area contributed by atoms with Crippen molar-refractivity contribution in [2.45, 2.75) is 13.0 Å². The quantitative estimate of drug-likeness (QED) is 0.697. The number of fused-ring (bicyclic) bond motifs is 1. The number of hydrogen-bond donors (Lipinski definition) is 2. The lowest BCUT2D eigenvalue weighted by atomic mass is 10.0. The largest absolute Gasteiger partial charge is 0.360 e. The molecule has 5 nitrogen and oxygen atoms in total. The number of para-hydroxylation sites is 1. The van der Waals surface area contributed by atoms with E-state index in [1.807, 2.05) is 48.8 Å². The molecule has 4 rings (SSSR count). The fourth-order valence-corrected chi connectivity index (χ4v) is 3.74. The van der Waals surface area contributed by atoms with Crippen molar-refractivity contribution in [3.05, 3.63) is 60.4 Å². The van der Waals surface area contributed by atoms with Crippen LogP contribution in [0.4, 0.5) is 5.82 Å². The van der Waals surface area contributed by atoms with E-state index < -0.39 is 0 Å². The lowest BCUT2D eigenvalue weighted by Gasteiger charge is -2.31. The predicted molar refractivity (Wildman–Crippen MR) is 98.0 cm³/mol. The van der Waals surface area contributed by atoms with E-state index in [2.05, 4.69) is 27.9 Å². The van der Waals surface area contributed by atoms with Crippen LogP contribution in [0, 0.1) is 0 Å². The molecule has 0 unspecified atom stereocenters. The second-order valence-electron chi connectivity index (χ2n) is 6.73. The van der Waals surface area contributed by atoms with Gasteiger partial charge in [-0.3, -0.25) is 9.69 Å². The second-order valence-corrected chi connectivity index (χ2v) is 6.73. The number of Topliss-reactive ketones (excluding diaryl/α,β-unsaturated/α-hetero) is 1. The standard InChI is InChI=1S/C20H22N4O/c1-15(20(25)17-14-22-18-7-3-2-6-16(17)18)23-10-12-24(13-11-23)19-8-4-5-9-21-19/h2-9,14-15,22H,10-13H2,1H3/p+2/t15-/m1/s1. The Kier molecular flexibility index (Phi) is 4.24. The van der Waals surface area contributed by atoms with Gasteiger partial charge >= 0.3 is 0 Å². The molecule has 5 heteroatoms. The van der Waals surface area contributed by atoms with Crippen LogP contribution in [0.5, 0.6) is 0 Å². The summed E-state index contributed by atoms with van der Waals surface area (Å²) < 4.78 is 0. The van der Waals surface area contributed by atoms with Crippen LogP contribution >= 0.6 is 0 Å². The average molecular weight is 336 g/mol. The van der Waals surface area contributed by atoms with Crippen molar-refractivity contribution in [3.8, 4) is 0 Å². The third-order valence-electron chi connectivity index (χ3n) is 5.30. The van der Waals surface area contributed by atoms with Crippen molar-refractivity contribution in [1.29, 1.82) is 0 Å². The fraction of sp³-hybridized carbons (Fsp3) is 0.300. The molecule has 25 heavy (non-hydrogen) atoms. The van der Waals surface area contributed by atoms with Crippen LogP contribution in [0.25, 0.3) is 10.9 Å². The highest BCUT2D eigenvalue weighted by molar-refractivity contribution is 6.09. The summed E-state index contributed by atoms with van der Waals surface area (Å²) >= 11 is 0. The zero-order chi connectivity index (χ0) is 17.2. The number of rotatable bonds is 4. The van der Waals surface area contributed by atoms with Crippen molar-refractivity contribution in [3.63, 3.8) is 0 Å². The number of piperazine rings is 1. The first-order valence-corrected chi connectivity index (χ1v) is 8.90. The number of hydrogen-bond acceptors (Lipinski definition) is 2. The molecule has 1 atom stereocenters. The van der Waals surface area contributed by atoms with Crippen LogP contribution in [-0.4, -0.2) is 43.0 Å². The van der Waals surface area contributed by atoms with E-state index in [0.29, 0.717) is 0 Å². The molecule has 2 aromatic heterocycles. The number of pyridine rings is 1. The van der Waals surface area contributed by atoms with Gasteiger partial charge in [0.1, 0.15) is 32.2 Å². The van der Waals surface area contributed by atoms with Gasteiger partial charge in [-0.15, -0.1) is 0 Å². The Morgan fingerprint density at radius 2 is 1.92 bits per heavy atom. The average Bonchev–Trinajstić information content (AvgIpc) is 3.12. The second kappa shape index (κ2) is 6.69. The third-order valence-corrected chi connectivity index (χ3v) is 5.30. The molecular weight excluding hydrogens is 312 g/mol. The van der Waals surface area contributed by atoms with Crippen LogP contribution in [0.3, 0.4) is 0 Å². The number of benzene rings is 1. The molecule has 3 heterocycles. The minimum Gasteiger partial charge on any atom is -0.360 e. The molecule has 1 aliphatic heterocycles. The molecular formula is C20H24N4O+2. The van der Waals surface area contributed by atoms with Gasteiger partial charge in [-0.2, -0.15) is 0 Å². The Bertz CT molecular complexity index is 866. The lowest BCUT2D eigenvalue weighted by molar-refractivity contribution is -0.914. The summed E-state index contributed by atoms with van der Waals surface area (Å²) in [6, 6.07) is 14.1. The maximum Gasteiger partial charge on any atom is 0.274 e. The molecule has 0 aliphatic carbocycles. The number of nitrogens with zero attached hydrogens (tertiary/aromatic N) is 1. The molecule has 3 N–H and O–H groups in total. The van der Waals surface area contributed by atoms with E-state index in [1.165, 1.54) is 4.90 Å². The monoisotopic (exact) mass is 336 g/mol. The number of aromatic nitrogens is 2. The normalized spacial score (nSPS) is 16.9. The molecule has 1 aromatic carbocycles. The number of quaternary nitrogens is 1. The first-order valence-electron chi connectivity index (χ1n) is 8.90. The van der Waals surface area contributed by atoms with E-state index in [0.717, 1.165) is 48.5 Å². The highest BCUT2D eigenvalue weighted by atomic mass is 16.1. The first kappa shape index (κ1) is 15.8. The molecule has 0 amide bonds. The number of ketones is 1. The summed E-state index contributed by atoms with van der Waals surface area (Å²) in [5, 5.41) is 1.02. The Morgan fingerprint density at radius 1 is 1.16 bits per heavy atom. The van der Waals surface area contributed by atoms with Crippen LogP contribution in [-0.2, 0) is 0 Å². The van der Waals surface area contributed by atoms with Crippen LogP contribution in [0.2, 0.25) is 0 Å².